The van der Waals surface area contributed by atoms with E-state index in [4.69, 9.17) is 0 Å². The summed E-state index contributed by atoms with van der Waals surface area (Å²) in [4.78, 5) is 2.52. The predicted octanol–water partition coefficient (Wildman–Crippen LogP) is 2.67. The first-order valence-electron chi connectivity index (χ1n) is 6.49. The lowest BCUT2D eigenvalue weighted by Gasteiger charge is -2.31. The average molecular weight is 233 g/mol. The molecule has 1 N–H and O–H groups in total. The maximum absolute atomic E-state index is 9.38. The third-order valence-electron chi connectivity index (χ3n) is 3.35. The molecule has 0 radical (unpaired) electrons. The summed E-state index contributed by atoms with van der Waals surface area (Å²) in [6.07, 6.45) is 2.63. The van der Waals surface area contributed by atoms with Crippen LogP contribution < -0.4 is 0 Å². The number of benzene rings is 1. The molecule has 2 heteroatoms. The maximum atomic E-state index is 9.38. The molecule has 1 saturated carbocycles. The second-order valence-corrected chi connectivity index (χ2v) is 5.94. The number of aliphatic hydroxyl groups is 1. The van der Waals surface area contributed by atoms with Gasteiger partial charge in [0.15, 0.2) is 0 Å². The van der Waals surface area contributed by atoms with Crippen LogP contribution in [0.1, 0.15) is 32.3 Å². The van der Waals surface area contributed by atoms with Gasteiger partial charge in [0.05, 0.1) is 0 Å². The van der Waals surface area contributed by atoms with Gasteiger partial charge in [0, 0.05) is 31.2 Å². The molecule has 1 fully saturated rings. The molecular weight excluding hydrogens is 210 g/mol. The van der Waals surface area contributed by atoms with Crippen LogP contribution in [-0.4, -0.2) is 29.2 Å². The highest BCUT2D eigenvalue weighted by Gasteiger charge is 2.32. The van der Waals surface area contributed by atoms with Crippen LogP contribution in [0.15, 0.2) is 30.3 Å². The lowest BCUT2D eigenvalue weighted by atomic mass is 9.94. The Hall–Kier alpha value is -0.860. The highest BCUT2D eigenvalue weighted by Crippen LogP contribution is 2.31. The lowest BCUT2D eigenvalue weighted by molar-refractivity contribution is 0.0947. The Morgan fingerprint density at radius 1 is 1.24 bits per heavy atom. The van der Waals surface area contributed by atoms with E-state index in [-0.39, 0.29) is 12.0 Å². The molecule has 0 aromatic heterocycles. The highest BCUT2D eigenvalue weighted by molar-refractivity contribution is 5.15. The first kappa shape index (κ1) is 12.6. The van der Waals surface area contributed by atoms with Crippen molar-refractivity contribution in [2.45, 2.75) is 39.3 Å². The Morgan fingerprint density at radius 3 is 2.41 bits per heavy atom. The van der Waals surface area contributed by atoms with Crippen molar-refractivity contribution in [1.82, 2.24) is 4.90 Å². The molecule has 0 unspecified atom stereocenters. The SMILES string of the molecule is CC(C)(CO)CN(Cc1ccccc1)C1CC1. The zero-order valence-electron chi connectivity index (χ0n) is 10.9. The Balaban J connectivity index is 1.98. The van der Waals surface area contributed by atoms with Crippen LogP contribution in [0, 0.1) is 5.41 Å². The van der Waals surface area contributed by atoms with E-state index in [0.29, 0.717) is 0 Å². The molecule has 2 nitrogen and oxygen atoms in total. The topological polar surface area (TPSA) is 23.5 Å². The Kier molecular flexibility index (Phi) is 3.85. The predicted molar refractivity (Wildman–Crippen MR) is 70.7 cm³/mol. The number of aliphatic hydroxyl groups excluding tert-OH is 1. The van der Waals surface area contributed by atoms with E-state index >= 15 is 0 Å². The molecule has 1 aromatic rings. The molecule has 1 aromatic carbocycles. The van der Waals surface area contributed by atoms with Gasteiger partial charge in [-0.25, -0.2) is 0 Å². The molecule has 2 rings (SSSR count). The van der Waals surface area contributed by atoms with Crippen LogP contribution in [0.2, 0.25) is 0 Å². The summed E-state index contributed by atoms with van der Waals surface area (Å²) < 4.78 is 0. The number of rotatable bonds is 6. The quantitative estimate of drug-likeness (QED) is 0.816. The highest BCUT2D eigenvalue weighted by atomic mass is 16.3. The van der Waals surface area contributed by atoms with Gasteiger partial charge in [-0.1, -0.05) is 44.2 Å². The standard InChI is InChI=1S/C15H23NO/c1-15(2,12-17)11-16(14-8-9-14)10-13-6-4-3-5-7-13/h3-7,14,17H,8-12H2,1-2H3. The van der Waals surface area contributed by atoms with Crippen LogP contribution in [0.25, 0.3) is 0 Å². The number of hydrogen-bond donors (Lipinski definition) is 1. The average Bonchev–Trinajstić information content (AvgIpc) is 3.13. The summed E-state index contributed by atoms with van der Waals surface area (Å²) in [6, 6.07) is 11.3. The van der Waals surface area contributed by atoms with Crippen LogP contribution >= 0.6 is 0 Å². The smallest absolute Gasteiger partial charge is 0.0494 e. The fourth-order valence-electron chi connectivity index (χ4n) is 2.17. The van der Waals surface area contributed by atoms with Crippen molar-refractivity contribution in [2.75, 3.05) is 13.2 Å². The molecule has 94 valence electrons. The van der Waals surface area contributed by atoms with Crippen LogP contribution in [-0.2, 0) is 6.54 Å². The minimum atomic E-state index is -0.00261. The summed E-state index contributed by atoms with van der Waals surface area (Å²) in [5.74, 6) is 0. The summed E-state index contributed by atoms with van der Waals surface area (Å²) in [6.45, 7) is 6.50. The zero-order chi connectivity index (χ0) is 12.3. The van der Waals surface area contributed by atoms with Gasteiger partial charge in [0.25, 0.3) is 0 Å². The Bertz CT molecular complexity index is 343. The lowest BCUT2D eigenvalue weighted by Crippen LogP contribution is -2.37. The molecule has 1 aliphatic carbocycles. The molecule has 0 bridgehead atoms. The van der Waals surface area contributed by atoms with Crippen molar-refractivity contribution < 1.29 is 5.11 Å². The zero-order valence-corrected chi connectivity index (χ0v) is 10.9. The van der Waals surface area contributed by atoms with Crippen molar-refractivity contribution in [3.8, 4) is 0 Å². The van der Waals surface area contributed by atoms with Gasteiger partial charge in [-0.05, 0) is 18.4 Å². The van der Waals surface area contributed by atoms with E-state index in [1.54, 1.807) is 0 Å². The molecule has 0 atom stereocenters. The van der Waals surface area contributed by atoms with Gasteiger partial charge < -0.3 is 5.11 Å². The molecule has 0 saturated heterocycles. The van der Waals surface area contributed by atoms with E-state index in [0.717, 1.165) is 19.1 Å². The van der Waals surface area contributed by atoms with Gasteiger partial charge in [-0.3, -0.25) is 4.90 Å². The van der Waals surface area contributed by atoms with E-state index in [1.807, 2.05) is 0 Å². The van der Waals surface area contributed by atoms with Crippen LogP contribution in [0.4, 0.5) is 0 Å². The molecule has 0 aliphatic heterocycles. The van der Waals surface area contributed by atoms with Crippen molar-refractivity contribution in [1.29, 1.82) is 0 Å². The summed E-state index contributed by atoms with van der Waals surface area (Å²) in [5, 5.41) is 9.38. The van der Waals surface area contributed by atoms with Crippen molar-refractivity contribution in [2.24, 2.45) is 5.41 Å². The molecule has 0 spiro atoms. The van der Waals surface area contributed by atoms with Gasteiger partial charge in [-0.15, -0.1) is 0 Å². The summed E-state index contributed by atoms with van der Waals surface area (Å²) in [5.41, 5.74) is 1.37. The van der Waals surface area contributed by atoms with Gasteiger partial charge >= 0.3 is 0 Å². The van der Waals surface area contributed by atoms with E-state index in [2.05, 4.69) is 49.1 Å². The normalized spacial score (nSPS) is 16.5. The van der Waals surface area contributed by atoms with Crippen molar-refractivity contribution >= 4 is 0 Å². The fraction of sp³-hybridized carbons (Fsp3) is 0.600. The fourth-order valence-corrected chi connectivity index (χ4v) is 2.17. The van der Waals surface area contributed by atoms with Crippen LogP contribution in [0.5, 0.6) is 0 Å². The third kappa shape index (κ3) is 3.83. The minimum absolute atomic E-state index is 0.00261. The van der Waals surface area contributed by atoms with E-state index < -0.39 is 0 Å². The molecule has 0 amide bonds. The molecule has 17 heavy (non-hydrogen) atoms. The maximum Gasteiger partial charge on any atom is 0.0494 e. The summed E-state index contributed by atoms with van der Waals surface area (Å²) in [7, 11) is 0. The molecular formula is C15H23NO. The monoisotopic (exact) mass is 233 g/mol. The van der Waals surface area contributed by atoms with Gasteiger partial charge in [0.1, 0.15) is 0 Å². The largest absolute Gasteiger partial charge is 0.396 e. The number of nitrogens with zero attached hydrogens (tertiary/aromatic N) is 1. The molecule has 1 aliphatic rings. The minimum Gasteiger partial charge on any atom is -0.396 e. The Labute approximate surface area is 104 Å². The first-order valence-corrected chi connectivity index (χ1v) is 6.49. The van der Waals surface area contributed by atoms with Crippen molar-refractivity contribution in [3.05, 3.63) is 35.9 Å². The summed E-state index contributed by atoms with van der Waals surface area (Å²) >= 11 is 0. The van der Waals surface area contributed by atoms with Gasteiger partial charge in [0.2, 0.25) is 0 Å². The van der Waals surface area contributed by atoms with Gasteiger partial charge in [-0.2, -0.15) is 0 Å². The Morgan fingerprint density at radius 2 is 1.88 bits per heavy atom. The first-order chi connectivity index (χ1) is 8.11. The second-order valence-electron chi connectivity index (χ2n) is 5.94. The van der Waals surface area contributed by atoms with Crippen LogP contribution in [0.3, 0.4) is 0 Å². The molecule has 0 heterocycles. The third-order valence-corrected chi connectivity index (χ3v) is 3.35. The second kappa shape index (κ2) is 5.19. The van der Waals surface area contributed by atoms with E-state index in [1.165, 1.54) is 18.4 Å². The van der Waals surface area contributed by atoms with Crippen molar-refractivity contribution in [3.63, 3.8) is 0 Å². The number of hydrogen-bond acceptors (Lipinski definition) is 2. The van der Waals surface area contributed by atoms with E-state index in [9.17, 15) is 5.11 Å².